The quantitative estimate of drug-likeness (QED) is 0.645. The second-order valence-electron chi connectivity index (χ2n) is 8.43. The molecule has 3 aromatic heterocycles. The molecule has 1 aliphatic carbocycles. The molecule has 0 radical (unpaired) electrons. The van der Waals surface area contributed by atoms with E-state index in [0.717, 1.165) is 29.8 Å². The Balaban J connectivity index is 1.42. The molecule has 2 fully saturated rings. The van der Waals surface area contributed by atoms with Gasteiger partial charge < -0.3 is 9.64 Å². The number of fused-ring (bicyclic) bond motifs is 2. The number of likely N-dealkylation sites (tertiary alicyclic amines) is 1. The van der Waals surface area contributed by atoms with Gasteiger partial charge in [0.1, 0.15) is 11.8 Å². The third-order valence-corrected chi connectivity index (χ3v) is 5.94. The Morgan fingerprint density at radius 2 is 1.77 bits per heavy atom. The van der Waals surface area contributed by atoms with Crippen LogP contribution in [0.4, 0.5) is 0 Å². The van der Waals surface area contributed by atoms with Gasteiger partial charge in [0.15, 0.2) is 5.82 Å². The van der Waals surface area contributed by atoms with E-state index >= 15 is 0 Å². The van der Waals surface area contributed by atoms with Crippen LogP contribution in [0.25, 0.3) is 11.4 Å². The molecule has 2 bridgehead atoms. The fourth-order valence-corrected chi connectivity index (χ4v) is 4.69. The van der Waals surface area contributed by atoms with E-state index in [9.17, 15) is 4.79 Å². The topological polar surface area (TPSA) is 94.0 Å². The molecule has 1 saturated heterocycles. The van der Waals surface area contributed by atoms with Gasteiger partial charge in [0.25, 0.3) is 5.91 Å². The van der Waals surface area contributed by atoms with Crippen LogP contribution in [0.2, 0.25) is 0 Å². The van der Waals surface area contributed by atoms with Gasteiger partial charge in [0.05, 0.1) is 11.6 Å². The number of ether oxygens (including phenoxy) is 1. The Morgan fingerprint density at radius 3 is 2.48 bits per heavy atom. The number of pyridine rings is 1. The number of rotatable bonds is 4. The van der Waals surface area contributed by atoms with Gasteiger partial charge >= 0.3 is 6.01 Å². The van der Waals surface area contributed by atoms with Gasteiger partial charge in [-0.15, -0.1) is 0 Å². The predicted octanol–water partition coefficient (Wildman–Crippen LogP) is 2.94. The maximum atomic E-state index is 13.6. The van der Waals surface area contributed by atoms with Gasteiger partial charge in [-0.1, -0.05) is 0 Å². The van der Waals surface area contributed by atoms with E-state index in [1.165, 1.54) is 0 Å². The fourth-order valence-electron chi connectivity index (χ4n) is 4.69. The molecule has 0 N–H and O–H groups in total. The Kier molecular flexibility index (Phi) is 4.84. The molecule has 8 nitrogen and oxygen atoms in total. The highest BCUT2D eigenvalue weighted by atomic mass is 16.5. The third-order valence-electron chi connectivity index (χ3n) is 5.94. The van der Waals surface area contributed by atoms with Gasteiger partial charge in [0.2, 0.25) is 0 Å². The summed E-state index contributed by atoms with van der Waals surface area (Å²) >= 11 is 0. The van der Waals surface area contributed by atoms with Crippen LogP contribution in [0.15, 0.2) is 36.8 Å². The molecule has 3 unspecified atom stereocenters. The largest absolute Gasteiger partial charge is 0.458 e. The van der Waals surface area contributed by atoms with Crippen LogP contribution in [-0.2, 0) is 0 Å². The second kappa shape index (κ2) is 7.68. The monoisotopic (exact) mass is 416 g/mol. The lowest BCUT2D eigenvalue weighted by molar-refractivity contribution is 0.0447. The molecule has 3 atom stereocenters. The lowest BCUT2D eigenvalue weighted by Gasteiger charge is -2.33. The summed E-state index contributed by atoms with van der Waals surface area (Å²) in [6.07, 6.45) is 6.76. The number of piperidine rings is 1. The third kappa shape index (κ3) is 3.73. The van der Waals surface area contributed by atoms with Crippen molar-refractivity contribution in [2.45, 2.75) is 45.8 Å². The van der Waals surface area contributed by atoms with E-state index in [2.05, 4.69) is 24.9 Å². The molecule has 158 valence electrons. The minimum atomic E-state index is -0.120. The number of amides is 1. The van der Waals surface area contributed by atoms with Crippen molar-refractivity contribution in [2.75, 3.05) is 6.54 Å². The molecule has 8 heteroatoms. The van der Waals surface area contributed by atoms with Crippen LogP contribution in [0.1, 0.15) is 40.3 Å². The molecule has 4 heterocycles. The summed E-state index contributed by atoms with van der Waals surface area (Å²) in [6.45, 7) is 6.50. The summed E-state index contributed by atoms with van der Waals surface area (Å²) in [5.41, 5.74) is 3.73. The molecule has 0 spiro atoms. The smallest absolute Gasteiger partial charge is 0.317 e. The predicted molar refractivity (Wildman–Crippen MR) is 113 cm³/mol. The molecular weight excluding hydrogens is 392 g/mol. The molecular formula is C23H24N6O2. The van der Waals surface area contributed by atoms with Gasteiger partial charge in [-0.25, -0.2) is 19.9 Å². The summed E-state index contributed by atoms with van der Waals surface area (Å²) in [5, 5.41) is 0. The number of nitrogens with zero attached hydrogens (tertiary/aromatic N) is 6. The van der Waals surface area contributed by atoms with Gasteiger partial charge in [-0.2, -0.15) is 0 Å². The minimum Gasteiger partial charge on any atom is -0.458 e. The van der Waals surface area contributed by atoms with Crippen molar-refractivity contribution in [1.82, 2.24) is 29.8 Å². The lowest BCUT2D eigenvalue weighted by Crippen LogP contribution is -2.47. The van der Waals surface area contributed by atoms with Crippen molar-refractivity contribution in [3.8, 4) is 17.4 Å². The zero-order valence-corrected chi connectivity index (χ0v) is 17.8. The normalized spacial score (nSPS) is 22.0. The van der Waals surface area contributed by atoms with Gasteiger partial charge in [0, 0.05) is 36.5 Å². The number of hydrogen-bond donors (Lipinski definition) is 0. The summed E-state index contributed by atoms with van der Waals surface area (Å²) < 4.78 is 6.16. The zero-order chi connectivity index (χ0) is 21.5. The standard InChI is InChI=1S/C23H24N6O2/c1-13-7-17(21-24-5-4-6-25-21)20(26-11-13)22(30)29-12-16-9-18(29)19(10-16)31-23-27-14(2)8-15(3)28-23/h4-8,11,16,18-19H,9-10,12H2,1-3H3. The van der Waals surface area contributed by atoms with Gasteiger partial charge in [-0.05, 0) is 63.3 Å². The maximum Gasteiger partial charge on any atom is 0.317 e. The highest BCUT2D eigenvalue weighted by molar-refractivity contribution is 5.98. The van der Waals surface area contributed by atoms with E-state index in [1.807, 2.05) is 37.8 Å². The van der Waals surface area contributed by atoms with E-state index in [0.29, 0.717) is 35.6 Å². The Morgan fingerprint density at radius 1 is 1.03 bits per heavy atom. The van der Waals surface area contributed by atoms with Crippen LogP contribution in [0.3, 0.4) is 0 Å². The summed E-state index contributed by atoms with van der Waals surface area (Å²) in [4.78, 5) is 37.4. The number of aromatic nitrogens is 5. The first kappa shape index (κ1) is 19.5. The number of aryl methyl sites for hydroxylation is 3. The first-order valence-electron chi connectivity index (χ1n) is 10.5. The molecule has 0 aromatic carbocycles. The summed E-state index contributed by atoms with van der Waals surface area (Å²) in [6, 6.07) is 5.95. The maximum absolute atomic E-state index is 13.6. The average molecular weight is 416 g/mol. The van der Waals surface area contributed by atoms with Crippen molar-refractivity contribution in [1.29, 1.82) is 0 Å². The Labute approximate surface area is 180 Å². The molecule has 5 rings (SSSR count). The van der Waals surface area contributed by atoms with Crippen LogP contribution in [0.5, 0.6) is 6.01 Å². The summed E-state index contributed by atoms with van der Waals surface area (Å²) in [7, 11) is 0. The number of hydrogen-bond acceptors (Lipinski definition) is 7. The number of carbonyl (C=O) groups excluding carboxylic acids is 1. The Hall–Kier alpha value is -3.42. The van der Waals surface area contributed by atoms with E-state index in [4.69, 9.17) is 4.74 Å². The molecule has 1 aliphatic heterocycles. The van der Waals surface area contributed by atoms with Crippen molar-refractivity contribution in [2.24, 2.45) is 5.92 Å². The zero-order valence-electron chi connectivity index (χ0n) is 17.8. The molecule has 2 aliphatic rings. The average Bonchev–Trinajstić information content (AvgIpc) is 3.34. The molecule has 1 amide bonds. The first-order valence-corrected chi connectivity index (χ1v) is 10.5. The fraction of sp³-hybridized carbons (Fsp3) is 0.391. The highest BCUT2D eigenvalue weighted by Crippen LogP contribution is 2.40. The minimum absolute atomic E-state index is 0.0189. The van der Waals surface area contributed by atoms with Crippen molar-refractivity contribution >= 4 is 5.91 Å². The van der Waals surface area contributed by atoms with Crippen LogP contribution in [-0.4, -0.2) is 54.4 Å². The summed E-state index contributed by atoms with van der Waals surface area (Å²) in [5.74, 6) is 0.805. The number of carbonyl (C=O) groups is 1. The van der Waals surface area contributed by atoms with Crippen LogP contribution < -0.4 is 4.74 Å². The van der Waals surface area contributed by atoms with Crippen molar-refractivity contribution < 1.29 is 9.53 Å². The SMILES string of the molecule is Cc1cnc(C(=O)N2CC3CC(Oc4nc(C)cc(C)n4)C2C3)c(-c2ncccn2)c1. The highest BCUT2D eigenvalue weighted by Gasteiger charge is 2.49. The van der Waals surface area contributed by atoms with E-state index < -0.39 is 0 Å². The van der Waals surface area contributed by atoms with Gasteiger partial charge in [-0.3, -0.25) is 9.78 Å². The molecule has 31 heavy (non-hydrogen) atoms. The lowest BCUT2D eigenvalue weighted by atomic mass is 10.1. The second-order valence-corrected chi connectivity index (χ2v) is 8.43. The first-order chi connectivity index (χ1) is 15.0. The van der Waals surface area contributed by atoms with E-state index in [1.54, 1.807) is 24.7 Å². The van der Waals surface area contributed by atoms with Crippen molar-refractivity contribution in [3.63, 3.8) is 0 Å². The van der Waals surface area contributed by atoms with Crippen LogP contribution >= 0.6 is 0 Å². The van der Waals surface area contributed by atoms with E-state index in [-0.39, 0.29) is 18.1 Å². The van der Waals surface area contributed by atoms with Crippen molar-refractivity contribution in [3.05, 3.63) is 59.4 Å². The molecule has 3 aromatic rings. The Bertz CT molecular complexity index is 1120. The van der Waals surface area contributed by atoms with Crippen LogP contribution in [0, 0.1) is 26.7 Å². The molecule has 1 saturated carbocycles.